The molecule has 5 nitrogen and oxygen atoms in total. The number of hydrogen-bond donors (Lipinski definition) is 0. The lowest BCUT2D eigenvalue weighted by molar-refractivity contribution is -0.163. The van der Waals surface area contributed by atoms with Crippen molar-refractivity contribution in [2.75, 3.05) is 19.8 Å². The van der Waals surface area contributed by atoms with Gasteiger partial charge in [-0.25, -0.2) is 0 Å². The molecule has 1 unspecified atom stereocenters. The van der Waals surface area contributed by atoms with Crippen LogP contribution < -0.4 is 0 Å². The van der Waals surface area contributed by atoms with Gasteiger partial charge in [-0.3, -0.25) is 9.59 Å². The standard InChI is InChI=1S/C63H120O5/c1-4-7-10-13-16-19-22-25-28-30-32-34-36-38-41-44-47-50-53-56-62(64)67-60-61(59-66-58-55-52-49-46-43-40-27-24-21-18-15-12-9-6-3)68-63(65)57-54-51-48-45-42-39-37-35-33-31-29-26-23-20-17-14-11-8-5-2/h21,24-25,28,61H,4-20,22-23,26-27,29-60H2,1-3H3/b24-21-,28-25-. The average molecular weight is 958 g/mol. The van der Waals surface area contributed by atoms with Gasteiger partial charge in [0.2, 0.25) is 0 Å². The molecule has 0 aliphatic carbocycles. The SMILES string of the molecule is CCCCCC/C=C\CCCCCCCCOCC(COC(=O)CCCCCCCCCCC/C=C\CCCCCCCC)OC(=O)CCCCCCCCCCCCCCCCCCCCC. The van der Waals surface area contributed by atoms with Gasteiger partial charge in [-0.1, -0.05) is 283 Å². The van der Waals surface area contributed by atoms with Crippen molar-refractivity contribution in [2.45, 2.75) is 348 Å². The van der Waals surface area contributed by atoms with E-state index >= 15 is 0 Å². The molecule has 68 heavy (non-hydrogen) atoms. The maximum Gasteiger partial charge on any atom is 0.306 e. The van der Waals surface area contributed by atoms with Gasteiger partial charge in [0, 0.05) is 19.4 Å². The van der Waals surface area contributed by atoms with Crippen molar-refractivity contribution in [1.29, 1.82) is 0 Å². The zero-order chi connectivity index (χ0) is 49.2. The second-order valence-electron chi connectivity index (χ2n) is 21.0. The summed E-state index contributed by atoms with van der Waals surface area (Å²) in [5, 5.41) is 0. The van der Waals surface area contributed by atoms with Gasteiger partial charge in [0.1, 0.15) is 6.61 Å². The fourth-order valence-electron chi connectivity index (χ4n) is 9.33. The Morgan fingerprint density at radius 2 is 0.574 bits per heavy atom. The number of rotatable bonds is 58. The normalized spacial score (nSPS) is 12.2. The van der Waals surface area contributed by atoms with Crippen LogP contribution in [-0.4, -0.2) is 37.9 Å². The molecule has 0 heterocycles. The monoisotopic (exact) mass is 957 g/mol. The molecule has 402 valence electrons. The number of ether oxygens (including phenoxy) is 3. The van der Waals surface area contributed by atoms with Crippen molar-refractivity contribution in [2.24, 2.45) is 0 Å². The lowest BCUT2D eigenvalue weighted by Crippen LogP contribution is -2.30. The number of hydrogen-bond acceptors (Lipinski definition) is 5. The molecule has 0 saturated carbocycles. The van der Waals surface area contributed by atoms with Crippen LogP contribution in [-0.2, 0) is 23.8 Å². The van der Waals surface area contributed by atoms with Crippen molar-refractivity contribution in [1.82, 2.24) is 0 Å². The molecule has 0 bridgehead atoms. The number of carbonyl (C=O) groups excluding carboxylic acids is 2. The Morgan fingerprint density at radius 1 is 0.309 bits per heavy atom. The molecule has 0 radical (unpaired) electrons. The van der Waals surface area contributed by atoms with Crippen LogP contribution in [0.5, 0.6) is 0 Å². The van der Waals surface area contributed by atoms with Gasteiger partial charge >= 0.3 is 11.9 Å². The lowest BCUT2D eigenvalue weighted by Gasteiger charge is -2.18. The van der Waals surface area contributed by atoms with Crippen molar-refractivity contribution >= 4 is 11.9 Å². The van der Waals surface area contributed by atoms with E-state index in [-0.39, 0.29) is 18.5 Å². The molecule has 0 N–H and O–H groups in total. The lowest BCUT2D eigenvalue weighted by atomic mass is 10.0. The molecule has 0 aliphatic heterocycles. The highest BCUT2D eigenvalue weighted by Crippen LogP contribution is 2.17. The molecule has 0 amide bonds. The van der Waals surface area contributed by atoms with Gasteiger partial charge in [-0.05, 0) is 70.6 Å². The van der Waals surface area contributed by atoms with E-state index in [4.69, 9.17) is 14.2 Å². The molecule has 0 saturated heterocycles. The summed E-state index contributed by atoms with van der Waals surface area (Å²) in [6, 6.07) is 0. The highest BCUT2D eigenvalue weighted by Gasteiger charge is 2.18. The predicted molar refractivity (Wildman–Crippen MR) is 298 cm³/mol. The largest absolute Gasteiger partial charge is 0.462 e. The zero-order valence-electron chi connectivity index (χ0n) is 46.4. The van der Waals surface area contributed by atoms with Crippen LogP contribution in [0.1, 0.15) is 342 Å². The minimum atomic E-state index is -0.535. The number of allylic oxidation sites excluding steroid dienone is 4. The summed E-state index contributed by atoms with van der Waals surface area (Å²) in [6.07, 6.45) is 72.1. The summed E-state index contributed by atoms with van der Waals surface area (Å²) in [5.74, 6) is -0.378. The Bertz CT molecular complexity index is 1040. The first-order valence-electron chi connectivity index (χ1n) is 30.9. The van der Waals surface area contributed by atoms with Crippen LogP contribution in [0.15, 0.2) is 24.3 Å². The van der Waals surface area contributed by atoms with Gasteiger partial charge in [-0.2, -0.15) is 0 Å². The smallest absolute Gasteiger partial charge is 0.306 e. The summed E-state index contributed by atoms with van der Waals surface area (Å²) < 4.78 is 17.5. The molecule has 0 aromatic heterocycles. The molecule has 5 heteroatoms. The van der Waals surface area contributed by atoms with Gasteiger partial charge < -0.3 is 14.2 Å². The van der Waals surface area contributed by atoms with Gasteiger partial charge in [-0.15, -0.1) is 0 Å². The topological polar surface area (TPSA) is 61.8 Å². The Morgan fingerprint density at radius 3 is 0.912 bits per heavy atom. The van der Waals surface area contributed by atoms with E-state index in [1.165, 1.54) is 270 Å². The fraction of sp³-hybridized carbons (Fsp3) is 0.905. The fourth-order valence-corrected chi connectivity index (χ4v) is 9.33. The van der Waals surface area contributed by atoms with Crippen LogP contribution in [0.4, 0.5) is 0 Å². The minimum absolute atomic E-state index is 0.0892. The Balaban J connectivity index is 4.20. The van der Waals surface area contributed by atoms with E-state index < -0.39 is 6.10 Å². The first-order valence-corrected chi connectivity index (χ1v) is 30.9. The van der Waals surface area contributed by atoms with E-state index in [0.717, 1.165) is 38.5 Å². The average Bonchev–Trinajstić information content (AvgIpc) is 3.34. The molecular formula is C63H120O5. The molecule has 0 aromatic rings. The van der Waals surface area contributed by atoms with E-state index in [2.05, 4.69) is 45.1 Å². The summed E-state index contributed by atoms with van der Waals surface area (Å²) in [7, 11) is 0. The van der Waals surface area contributed by atoms with Gasteiger partial charge in [0.25, 0.3) is 0 Å². The molecule has 0 fully saturated rings. The maximum absolute atomic E-state index is 12.9. The summed E-state index contributed by atoms with van der Waals surface area (Å²) in [5.41, 5.74) is 0. The number of carbonyl (C=O) groups is 2. The third-order valence-electron chi connectivity index (χ3n) is 14.0. The molecule has 0 aromatic carbocycles. The number of esters is 2. The van der Waals surface area contributed by atoms with Crippen molar-refractivity contribution in [3.63, 3.8) is 0 Å². The van der Waals surface area contributed by atoms with Crippen molar-refractivity contribution in [3.8, 4) is 0 Å². The Labute approximate surface area is 426 Å². The van der Waals surface area contributed by atoms with Crippen molar-refractivity contribution < 1.29 is 23.8 Å². The van der Waals surface area contributed by atoms with Crippen LogP contribution in [0.3, 0.4) is 0 Å². The van der Waals surface area contributed by atoms with E-state index in [0.29, 0.717) is 26.1 Å². The predicted octanol–water partition coefficient (Wildman–Crippen LogP) is 21.1. The highest BCUT2D eigenvalue weighted by molar-refractivity contribution is 5.70. The highest BCUT2D eigenvalue weighted by atomic mass is 16.6. The molecule has 1 atom stereocenters. The van der Waals surface area contributed by atoms with Crippen LogP contribution in [0.25, 0.3) is 0 Å². The zero-order valence-corrected chi connectivity index (χ0v) is 46.4. The van der Waals surface area contributed by atoms with Crippen molar-refractivity contribution in [3.05, 3.63) is 24.3 Å². The van der Waals surface area contributed by atoms with E-state index in [9.17, 15) is 9.59 Å². The third kappa shape index (κ3) is 57.0. The summed E-state index contributed by atoms with van der Waals surface area (Å²) >= 11 is 0. The quantitative estimate of drug-likeness (QED) is 0.0345. The van der Waals surface area contributed by atoms with Crippen LogP contribution in [0, 0.1) is 0 Å². The van der Waals surface area contributed by atoms with Gasteiger partial charge in [0.15, 0.2) is 6.10 Å². The van der Waals surface area contributed by atoms with Crippen LogP contribution >= 0.6 is 0 Å². The van der Waals surface area contributed by atoms with Crippen LogP contribution in [0.2, 0.25) is 0 Å². The Kier molecular flexibility index (Phi) is 58.3. The Hall–Kier alpha value is -1.62. The van der Waals surface area contributed by atoms with Gasteiger partial charge in [0.05, 0.1) is 6.61 Å². The second kappa shape index (κ2) is 59.7. The minimum Gasteiger partial charge on any atom is -0.462 e. The maximum atomic E-state index is 12.9. The summed E-state index contributed by atoms with van der Waals surface area (Å²) in [6.45, 7) is 7.88. The molecular weight excluding hydrogens is 837 g/mol. The van der Waals surface area contributed by atoms with E-state index in [1.807, 2.05) is 0 Å². The summed E-state index contributed by atoms with van der Waals surface area (Å²) in [4.78, 5) is 25.6. The molecule has 0 aliphatic rings. The molecule has 0 spiro atoms. The second-order valence-corrected chi connectivity index (χ2v) is 21.0. The first-order chi connectivity index (χ1) is 33.6. The van der Waals surface area contributed by atoms with E-state index in [1.54, 1.807) is 0 Å². The number of unbranched alkanes of at least 4 members (excludes halogenated alkanes) is 43. The molecule has 0 rings (SSSR count). The third-order valence-corrected chi connectivity index (χ3v) is 14.0. The first kappa shape index (κ1) is 66.4.